The molecule has 0 N–H and O–H groups in total. The summed E-state index contributed by atoms with van der Waals surface area (Å²) in [5.41, 5.74) is 0.573. The minimum absolute atomic E-state index is 0.139. The zero-order valence-corrected chi connectivity index (χ0v) is 11.9. The van der Waals surface area contributed by atoms with Gasteiger partial charge in [0.1, 0.15) is 5.92 Å². The van der Waals surface area contributed by atoms with E-state index in [2.05, 4.69) is 13.8 Å². The second-order valence-electron chi connectivity index (χ2n) is 5.01. The lowest BCUT2D eigenvalue weighted by molar-refractivity contribution is -0.146. The van der Waals surface area contributed by atoms with Gasteiger partial charge in [0, 0.05) is 5.56 Å². The molecule has 0 radical (unpaired) electrons. The molecule has 0 heterocycles. The van der Waals surface area contributed by atoms with Gasteiger partial charge in [-0.1, -0.05) is 44.2 Å². The molecule has 1 rings (SSSR count). The van der Waals surface area contributed by atoms with Crippen molar-refractivity contribution in [2.75, 3.05) is 6.61 Å². The SMILES string of the molecule is CCOC(=O)[C@@H](CCC(C)C)C(=O)c1ccccc1. The van der Waals surface area contributed by atoms with Crippen LogP contribution in [0.3, 0.4) is 0 Å². The summed E-state index contributed by atoms with van der Waals surface area (Å²) in [5, 5.41) is 0. The second kappa shape index (κ2) is 7.72. The topological polar surface area (TPSA) is 43.4 Å². The van der Waals surface area contributed by atoms with Crippen molar-refractivity contribution in [3.63, 3.8) is 0 Å². The van der Waals surface area contributed by atoms with Gasteiger partial charge in [-0.05, 0) is 25.7 Å². The Labute approximate surface area is 115 Å². The number of ether oxygens (including phenoxy) is 1. The molecule has 3 heteroatoms. The third-order valence-corrected chi connectivity index (χ3v) is 2.98. The minimum atomic E-state index is -0.676. The lowest BCUT2D eigenvalue weighted by atomic mass is 9.91. The van der Waals surface area contributed by atoms with Gasteiger partial charge in [-0.3, -0.25) is 9.59 Å². The van der Waals surface area contributed by atoms with E-state index in [0.717, 1.165) is 6.42 Å². The first-order valence-corrected chi connectivity index (χ1v) is 6.82. The molecule has 1 atom stereocenters. The first-order chi connectivity index (χ1) is 9.06. The average molecular weight is 262 g/mol. The number of esters is 1. The fourth-order valence-electron chi connectivity index (χ4n) is 1.90. The van der Waals surface area contributed by atoms with Crippen molar-refractivity contribution in [2.24, 2.45) is 11.8 Å². The maximum atomic E-state index is 12.4. The van der Waals surface area contributed by atoms with E-state index in [4.69, 9.17) is 4.74 Å². The van der Waals surface area contributed by atoms with Gasteiger partial charge in [0.2, 0.25) is 0 Å². The number of hydrogen-bond acceptors (Lipinski definition) is 3. The van der Waals surface area contributed by atoms with Crippen LogP contribution in [0.4, 0.5) is 0 Å². The molecule has 0 unspecified atom stereocenters. The van der Waals surface area contributed by atoms with Crippen molar-refractivity contribution in [1.82, 2.24) is 0 Å². The van der Waals surface area contributed by atoms with E-state index in [9.17, 15) is 9.59 Å². The third-order valence-electron chi connectivity index (χ3n) is 2.98. The van der Waals surface area contributed by atoms with Gasteiger partial charge >= 0.3 is 5.97 Å². The van der Waals surface area contributed by atoms with Crippen LogP contribution in [0.5, 0.6) is 0 Å². The Morgan fingerprint density at radius 1 is 1.11 bits per heavy atom. The Hall–Kier alpha value is -1.64. The molecular weight excluding hydrogens is 240 g/mol. The second-order valence-corrected chi connectivity index (χ2v) is 5.01. The normalized spacial score (nSPS) is 12.2. The maximum absolute atomic E-state index is 12.4. The highest BCUT2D eigenvalue weighted by atomic mass is 16.5. The summed E-state index contributed by atoms with van der Waals surface area (Å²) in [7, 11) is 0. The summed E-state index contributed by atoms with van der Waals surface area (Å²) in [6.07, 6.45) is 1.38. The largest absolute Gasteiger partial charge is 0.465 e. The van der Waals surface area contributed by atoms with Gasteiger partial charge in [-0.15, -0.1) is 0 Å². The molecule has 19 heavy (non-hydrogen) atoms. The number of benzene rings is 1. The monoisotopic (exact) mass is 262 g/mol. The van der Waals surface area contributed by atoms with E-state index in [1.807, 2.05) is 6.07 Å². The fraction of sp³-hybridized carbons (Fsp3) is 0.500. The van der Waals surface area contributed by atoms with E-state index in [1.165, 1.54) is 0 Å². The minimum Gasteiger partial charge on any atom is -0.465 e. The number of rotatable bonds is 7. The van der Waals surface area contributed by atoms with E-state index in [0.29, 0.717) is 24.5 Å². The molecule has 0 aliphatic heterocycles. The molecule has 0 aliphatic carbocycles. The molecule has 1 aromatic carbocycles. The van der Waals surface area contributed by atoms with Crippen LogP contribution in [0.1, 0.15) is 44.0 Å². The Morgan fingerprint density at radius 2 is 1.74 bits per heavy atom. The zero-order chi connectivity index (χ0) is 14.3. The Kier molecular flexibility index (Phi) is 6.26. The quantitative estimate of drug-likeness (QED) is 0.429. The van der Waals surface area contributed by atoms with Crippen LogP contribution in [-0.2, 0) is 9.53 Å². The van der Waals surface area contributed by atoms with Crippen molar-refractivity contribution in [1.29, 1.82) is 0 Å². The highest BCUT2D eigenvalue weighted by molar-refractivity contribution is 6.08. The van der Waals surface area contributed by atoms with Crippen LogP contribution < -0.4 is 0 Å². The maximum Gasteiger partial charge on any atom is 0.316 e. The first kappa shape index (κ1) is 15.4. The number of carbonyl (C=O) groups excluding carboxylic acids is 2. The molecule has 3 nitrogen and oxygen atoms in total. The molecule has 104 valence electrons. The predicted molar refractivity (Wildman–Crippen MR) is 75.0 cm³/mol. The van der Waals surface area contributed by atoms with Crippen molar-refractivity contribution >= 4 is 11.8 Å². The van der Waals surface area contributed by atoms with Gasteiger partial charge in [-0.25, -0.2) is 0 Å². The summed E-state index contributed by atoms with van der Waals surface area (Å²) in [5.74, 6) is -0.762. The summed E-state index contributed by atoms with van der Waals surface area (Å²) >= 11 is 0. The summed E-state index contributed by atoms with van der Waals surface area (Å²) in [6.45, 7) is 6.22. The van der Waals surface area contributed by atoms with Crippen LogP contribution in [0.25, 0.3) is 0 Å². The predicted octanol–water partition coefficient (Wildman–Crippen LogP) is 3.48. The van der Waals surface area contributed by atoms with Gasteiger partial charge in [0.05, 0.1) is 6.61 Å². The molecule has 0 amide bonds. The lowest BCUT2D eigenvalue weighted by Gasteiger charge is -2.15. The van der Waals surface area contributed by atoms with Gasteiger partial charge in [0.25, 0.3) is 0 Å². The molecule has 0 aromatic heterocycles. The Balaban J connectivity index is 2.83. The Morgan fingerprint density at radius 3 is 2.26 bits per heavy atom. The van der Waals surface area contributed by atoms with Crippen LogP contribution in [0.15, 0.2) is 30.3 Å². The molecule has 0 aliphatic rings. The number of carbonyl (C=O) groups is 2. The van der Waals surface area contributed by atoms with Crippen LogP contribution in [0.2, 0.25) is 0 Å². The number of hydrogen-bond donors (Lipinski definition) is 0. The smallest absolute Gasteiger partial charge is 0.316 e. The number of ketones is 1. The van der Waals surface area contributed by atoms with Gasteiger partial charge in [0.15, 0.2) is 5.78 Å². The first-order valence-electron chi connectivity index (χ1n) is 6.82. The third kappa shape index (κ3) is 4.86. The van der Waals surface area contributed by atoms with Gasteiger partial charge in [-0.2, -0.15) is 0 Å². The fourth-order valence-corrected chi connectivity index (χ4v) is 1.90. The van der Waals surface area contributed by atoms with E-state index in [1.54, 1.807) is 31.2 Å². The molecule has 0 spiro atoms. The van der Waals surface area contributed by atoms with Crippen LogP contribution >= 0.6 is 0 Å². The highest BCUT2D eigenvalue weighted by Crippen LogP contribution is 2.19. The molecule has 0 fully saturated rings. The van der Waals surface area contributed by atoms with Crippen LogP contribution in [0, 0.1) is 11.8 Å². The summed E-state index contributed by atoms with van der Waals surface area (Å²) < 4.78 is 5.02. The molecule has 0 saturated carbocycles. The zero-order valence-electron chi connectivity index (χ0n) is 11.9. The van der Waals surface area contributed by atoms with E-state index >= 15 is 0 Å². The molecule has 1 aromatic rings. The Bertz CT molecular complexity index is 409. The summed E-state index contributed by atoms with van der Waals surface area (Å²) in [6, 6.07) is 8.94. The molecular formula is C16H22O3. The van der Waals surface area contributed by atoms with Crippen LogP contribution in [-0.4, -0.2) is 18.4 Å². The van der Waals surface area contributed by atoms with E-state index in [-0.39, 0.29) is 5.78 Å². The van der Waals surface area contributed by atoms with Crippen molar-refractivity contribution in [3.8, 4) is 0 Å². The van der Waals surface area contributed by atoms with Gasteiger partial charge < -0.3 is 4.74 Å². The molecule has 0 bridgehead atoms. The lowest BCUT2D eigenvalue weighted by Crippen LogP contribution is -2.26. The molecule has 0 saturated heterocycles. The average Bonchev–Trinajstić information content (AvgIpc) is 2.39. The van der Waals surface area contributed by atoms with E-state index < -0.39 is 11.9 Å². The highest BCUT2D eigenvalue weighted by Gasteiger charge is 2.28. The number of Topliss-reactive ketones (excluding diaryl/α,β-unsaturated/α-hetero) is 1. The van der Waals surface area contributed by atoms with Crippen molar-refractivity contribution < 1.29 is 14.3 Å². The summed E-state index contributed by atoms with van der Waals surface area (Å²) in [4.78, 5) is 24.3. The van der Waals surface area contributed by atoms with Crippen molar-refractivity contribution in [2.45, 2.75) is 33.6 Å². The van der Waals surface area contributed by atoms with Crippen molar-refractivity contribution in [3.05, 3.63) is 35.9 Å². The standard InChI is InChI=1S/C16H22O3/c1-4-19-16(18)14(11-10-12(2)3)15(17)13-8-6-5-7-9-13/h5-9,12,14H,4,10-11H2,1-3H3/t14-/m0/s1.